The average molecular weight is 284 g/mol. The fourth-order valence-electron chi connectivity index (χ4n) is 2.32. The molecule has 0 aromatic heterocycles. The second-order valence-electron chi connectivity index (χ2n) is 5.62. The molecule has 2 N–H and O–H groups in total. The van der Waals surface area contributed by atoms with Crippen LogP contribution in [0.1, 0.15) is 52.4 Å². The van der Waals surface area contributed by atoms with Crippen LogP contribution in [0.4, 0.5) is 4.79 Å². The number of carbonyl (C=O) groups excluding carboxylic acids is 2. The van der Waals surface area contributed by atoms with Gasteiger partial charge in [0.05, 0.1) is 12.5 Å². The predicted octanol–water partition coefficient (Wildman–Crippen LogP) is 2.46. The monoisotopic (exact) mass is 284 g/mol. The Balaban J connectivity index is 2.01. The van der Waals surface area contributed by atoms with Gasteiger partial charge in [0, 0.05) is 6.54 Å². The summed E-state index contributed by atoms with van der Waals surface area (Å²) in [5, 5.41) is 5.59. The molecule has 20 heavy (non-hydrogen) atoms. The first-order valence-corrected chi connectivity index (χ1v) is 7.81. The number of esters is 1. The first-order valence-electron chi connectivity index (χ1n) is 7.81. The van der Waals surface area contributed by atoms with Crippen molar-refractivity contribution in [1.82, 2.24) is 10.6 Å². The number of amides is 2. The van der Waals surface area contributed by atoms with E-state index < -0.39 is 0 Å². The van der Waals surface area contributed by atoms with Crippen molar-refractivity contribution in [2.75, 3.05) is 19.7 Å². The highest BCUT2D eigenvalue weighted by Gasteiger charge is 2.14. The van der Waals surface area contributed by atoms with Crippen LogP contribution in [0.3, 0.4) is 0 Å². The molecule has 1 rings (SSSR count). The van der Waals surface area contributed by atoms with E-state index in [0.29, 0.717) is 12.5 Å². The van der Waals surface area contributed by atoms with Crippen LogP contribution in [0.2, 0.25) is 0 Å². The van der Waals surface area contributed by atoms with E-state index in [-0.39, 0.29) is 24.5 Å². The second-order valence-corrected chi connectivity index (χ2v) is 5.62. The van der Waals surface area contributed by atoms with Gasteiger partial charge < -0.3 is 15.4 Å². The van der Waals surface area contributed by atoms with Crippen LogP contribution in [0, 0.1) is 11.8 Å². The smallest absolute Gasteiger partial charge is 0.314 e. The molecule has 0 aliphatic heterocycles. The predicted molar refractivity (Wildman–Crippen MR) is 78.4 cm³/mol. The van der Waals surface area contributed by atoms with Crippen LogP contribution < -0.4 is 10.6 Å². The molecule has 1 atom stereocenters. The third kappa shape index (κ3) is 6.78. The fraction of sp³-hybridized carbons (Fsp3) is 0.867. The van der Waals surface area contributed by atoms with Gasteiger partial charge in [-0.25, -0.2) is 4.79 Å². The highest BCUT2D eigenvalue weighted by atomic mass is 16.5. The van der Waals surface area contributed by atoms with Crippen molar-refractivity contribution in [2.45, 2.75) is 52.4 Å². The number of urea groups is 1. The summed E-state index contributed by atoms with van der Waals surface area (Å²) in [6.45, 7) is 5.13. The minimum absolute atomic E-state index is 0.0740. The van der Waals surface area contributed by atoms with Gasteiger partial charge in [-0.15, -0.1) is 0 Å². The number of hydrogen-bond acceptors (Lipinski definition) is 3. The van der Waals surface area contributed by atoms with Crippen molar-refractivity contribution in [3.63, 3.8) is 0 Å². The number of hydrogen-bond donors (Lipinski definition) is 2. The maximum Gasteiger partial charge on any atom is 0.314 e. The molecule has 116 valence electrons. The fourth-order valence-corrected chi connectivity index (χ4v) is 2.32. The molecular formula is C15H28N2O3. The highest BCUT2D eigenvalue weighted by molar-refractivity contribution is 5.74. The molecule has 0 heterocycles. The second kappa shape index (κ2) is 9.61. The number of carbonyl (C=O) groups is 2. The molecule has 1 fully saturated rings. The summed E-state index contributed by atoms with van der Waals surface area (Å²) in [5.41, 5.74) is 0. The Bertz CT molecular complexity index is 301. The molecule has 1 saturated carbocycles. The van der Waals surface area contributed by atoms with Crippen LogP contribution >= 0.6 is 0 Å². The molecule has 5 heteroatoms. The lowest BCUT2D eigenvalue weighted by Crippen LogP contribution is -2.40. The van der Waals surface area contributed by atoms with Gasteiger partial charge in [0.2, 0.25) is 0 Å². The lowest BCUT2D eigenvalue weighted by atomic mass is 9.89. The van der Waals surface area contributed by atoms with Crippen molar-refractivity contribution < 1.29 is 14.3 Å². The molecule has 1 aliphatic carbocycles. The van der Waals surface area contributed by atoms with Gasteiger partial charge in [-0.2, -0.15) is 0 Å². The summed E-state index contributed by atoms with van der Waals surface area (Å²) in [6, 6.07) is -0.171. The lowest BCUT2D eigenvalue weighted by molar-refractivity contribution is -0.147. The Morgan fingerprint density at radius 1 is 1.20 bits per heavy atom. The van der Waals surface area contributed by atoms with Crippen molar-refractivity contribution >= 4 is 12.0 Å². The van der Waals surface area contributed by atoms with E-state index in [1.807, 2.05) is 13.8 Å². The maximum absolute atomic E-state index is 11.6. The molecular weight excluding hydrogens is 256 g/mol. The minimum atomic E-state index is -0.197. The SMILES string of the molecule is CCC(C)C(=O)OCCNC(=O)NCC1CCCCC1. The first kappa shape index (κ1) is 16.8. The van der Waals surface area contributed by atoms with Gasteiger partial charge in [0.25, 0.3) is 0 Å². The Labute approximate surface area is 121 Å². The molecule has 0 radical (unpaired) electrons. The Morgan fingerprint density at radius 3 is 2.55 bits per heavy atom. The standard InChI is InChI=1S/C15H28N2O3/c1-3-12(2)14(18)20-10-9-16-15(19)17-11-13-7-5-4-6-8-13/h12-13H,3-11H2,1-2H3,(H2,16,17,19). The van der Waals surface area contributed by atoms with E-state index in [9.17, 15) is 9.59 Å². The molecule has 1 aliphatic rings. The molecule has 2 amide bonds. The maximum atomic E-state index is 11.6. The Hall–Kier alpha value is -1.26. The topological polar surface area (TPSA) is 67.4 Å². The molecule has 0 aromatic carbocycles. The Kier molecular flexibility index (Phi) is 8.07. The number of nitrogens with one attached hydrogen (secondary N) is 2. The average Bonchev–Trinajstić information content (AvgIpc) is 2.49. The Morgan fingerprint density at radius 2 is 1.90 bits per heavy atom. The summed E-state index contributed by atoms with van der Waals surface area (Å²) in [5.74, 6) is 0.352. The molecule has 0 bridgehead atoms. The summed E-state index contributed by atoms with van der Waals surface area (Å²) >= 11 is 0. The molecule has 0 saturated heterocycles. The molecule has 1 unspecified atom stereocenters. The summed E-state index contributed by atoms with van der Waals surface area (Å²) in [6.07, 6.45) is 7.08. The zero-order valence-electron chi connectivity index (χ0n) is 12.7. The third-order valence-electron chi connectivity index (χ3n) is 3.92. The lowest BCUT2D eigenvalue weighted by Gasteiger charge is -2.21. The minimum Gasteiger partial charge on any atom is -0.464 e. The van der Waals surface area contributed by atoms with Gasteiger partial charge >= 0.3 is 12.0 Å². The van der Waals surface area contributed by atoms with Crippen LogP contribution in [0.5, 0.6) is 0 Å². The summed E-state index contributed by atoms with van der Waals surface area (Å²) in [4.78, 5) is 23.0. The van der Waals surface area contributed by atoms with Crippen LogP contribution in [-0.2, 0) is 9.53 Å². The molecule has 0 aromatic rings. The third-order valence-corrected chi connectivity index (χ3v) is 3.92. The number of ether oxygens (including phenoxy) is 1. The van der Waals surface area contributed by atoms with E-state index in [1.165, 1.54) is 32.1 Å². The molecule has 5 nitrogen and oxygen atoms in total. The van der Waals surface area contributed by atoms with Crippen molar-refractivity contribution in [3.8, 4) is 0 Å². The van der Waals surface area contributed by atoms with Crippen LogP contribution in [0.15, 0.2) is 0 Å². The van der Waals surface area contributed by atoms with Crippen molar-refractivity contribution in [1.29, 1.82) is 0 Å². The van der Waals surface area contributed by atoms with Crippen molar-refractivity contribution in [2.24, 2.45) is 11.8 Å². The van der Waals surface area contributed by atoms with E-state index >= 15 is 0 Å². The van der Waals surface area contributed by atoms with E-state index in [4.69, 9.17) is 4.74 Å². The van der Waals surface area contributed by atoms with Crippen LogP contribution in [-0.4, -0.2) is 31.7 Å². The van der Waals surface area contributed by atoms with Crippen LogP contribution in [0.25, 0.3) is 0 Å². The van der Waals surface area contributed by atoms with E-state index in [0.717, 1.165) is 13.0 Å². The first-order chi connectivity index (χ1) is 9.63. The van der Waals surface area contributed by atoms with Gasteiger partial charge in [-0.3, -0.25) is 4.79 Å². The van der Waals surface area contributed by atoms with Gasteiger partial charge in [0.15, 0.2) is 0 Å². The largest absolute Gasteiger partial charge is 0.464 e. The highest BCUT2D eigenvalue weighted by Crippen LogP contribution is 2.22. The van der Waals surface area contributed by atoms with Gasteiger partial charge in [-0.1, -0.05) is 33.1 Å². The summed E-state index contributed by atoms with van der Waals surface area (Å²) < 4.78 is 5.06. The van der Waals surface area contributed by atoms with E-state index in [1.54, 1.807) is 0 Å². The number of rotatable bonds is 7. The van der Waals surface area contributed by atoms with Gasteiger partial charge in [0.1, 0.15) is 6.61 Å². The zero-order chi connectivity index (χ0) is 14.8. The molecule has 0 spiro atoms. The van der Waals surface area contributed by atoms with E-state index in [2.05, 4.69) is 10.6 Å². The quantitative estimate of drug-likeness (QED) is 0.557. The van der Waals surface area contributed by atoms with Gasteiger partial charge in [-0.05, 0) is 25.2 Å². The zero-order valence-corrected chi connectivity index (χ0v) is 12.7. The normalized spacial score (nSPS) is 17.3. The van der Waals surface area contributed by atoms with Crippen molar-refractivity contribution in [3.05, 3.63) is 0 Å². The summed E-state index contributed by atoms with van der Waals surface area (Å²) in [7, 11) is 0.